The third-order valence-electron chi connectivity index (χ3n) is 4.14. The summed E-state index contributed by atoms with van der Waals surface area (Å²) in [6.07, 6.45) is 5.18. The Kier molecular flexibility index (Phi) is 4.97. The smallest absolute Gasteiger partial charge is 0.224 e. The molecule has 1 aliphatic carbocycles. The first-order valence-corrected chi connectivity index (χ1v) is 7.23. The van der Waals surface area contributed by atoms with Gasteiger partial charge in [0.25, 0.3) is 0 Å². The number of nitrogens with one attached hydrogen (secondary N) is 1. The zero-order chi connectivity index (χ0) is 13.7. The van der Waals surface area contributed by atoms with E-state index in [1.165, 1.54) is 18.4 Å². The summed E-state index contributed by atoms with van der Waals surface area (Å²) < 4.78 is 0. The van der Waals surface area contributed by atoms with E-state index in [0.29, 0.717) is 12.3 Å². The summed E-state index contributed by atoms with van der Waals surface area (Å²) in [5.74, 6) is 0.557. The molecule has 2 atom stereocenters. The summed E-state index contributed by atoms with van der Waals surface area (Å²) in [6, 6.07) is 8.29. The van der Waals surface area contributed by atoms with E-state index in [1.54, 1.807) is 0 Å². The SMILES string of the molecule is Cc1ccccc1CC(=O)NCC1CCCCC1N. The van der Waals surface area contributed by atoms with Crippen LogP contribution in [-0.2, 0) is 11.2 Å². The number of carbonyl (C=O) groups is 1. The number of hydrogen-bond acceptors (Lipinski definition) is 2. The molecule has 0 spiro atoms. The Morgan fingerprint density at radius 2 is 2.05 bits per heavy atom. The summed E-state index contributed by atoms with van der Waals surface area (Å²) >= 11 is 0. The van der Waals surface area contributed by atoms with Crippen molar-refractivity contribution < 1.29 is 4.79 Å². The molecule has 1 aromatic carbocycles. The quantitative estimate of drug-likeness (QED) is 0.871. The Morgan fingerprint density at radius 3 is 2.79 bits per heavy atom. The Morgan fingerprint density at radius 1 is 1.32 bits per heavy atom. The van der Waals surface area contributed by atoms with Gasteiger partial charge in [0.2, 0.25) is 5.91 Å². The van der Waals surface area contributed by atoms with Crippen molar-refractivity contribution in [2.45, 2.75) is 45.1 Å². The molecule has 0 aliphatic heterocycles. The van der Waals surface area contributed by atoms with Crippen molar-refractivity contribution in [2.75, 3.05) is 6.54 Å². The molecule has 1 aromatic rings. The maximum absolute atomic E-state index is 12.0. The molecule has 0 radical (unpaired) electrons. The zero-order valence-corrected chi connectivity index (χ0v) is 11.7. The van der Waals surface area contributed by atoms with Crippen molar-refractivity contribution >= 4 is 5.91 Å². The second-order valence-electron chi connectivity index (χ2n) is 5.62. The summed E-state index contributed by atoms with van der Waals surface area (Å²) in [4.78, 5) is 12.0. The molecule has 1 aliphatic rings. The predicted molar refractivity (Wildman–Crippen MR) is 77.8 cm³/mol. The fourth-order valence-electron chi connectivity index (χ4n) is 2.78. The van der Waals surface area contributed by atoms with Gasteiger partial charge in [-0.2, -0.15) is 0 Å². The summed E-state index contributed by atoms with van der Waals surface area (Å²) in [5, 5.41) is 3.04. The number of aryl methyl sites for hydroxylation is 1. The van der Waals surface area contributed by atoms with E-state index in [4.69, 9.17) is 5.73 Å². The number of nitrogens with two attached hydrogens (primary N) is 1. The first-order chi connectivity index (χ1) is 9.16. The van der Waals surface area contributed by atoms with E-state index in [-0.39, 0.29) is 11.9 Å². The number of benzene rings is 1. The van der Waals surface area contributed by atoms with Crippen LogP contribution in [0.15, 0.2) is 24.3 Å². The molecule has 0 bridgehead atoms. The maximum Gasteiger partial charge on any atom is 0.224 e. The van der Waals surface area contributed by atoms with Gasteiger partial charge in [-0.25, -0.2) is 0 Å². The van der Waals surface area contributed by atoms with Crippen molar-refractivity contribution in [2.24, 2.45) is 11.7 Å². The molecule has 0 heterocycles. The van der Waals surface area contributed by atoms with Crippen molar-refractivity contribution in [3.8, 4) is 0 Å². The largest absolute Gasteiger partial charge is 0.355 e. The standard InChI is InChI=1S/C16H24N2O/c1-12-6-2-3-7-13(12)10-16(19)18-11-14-8-4-5-9-15(14)17/h2-3,6-7,14-15H,4-5,8-11,17H2,1H3,(H,18,19). The van der Waals surface area contributed by atoms with E-state index in [0.717, 1.165) is 24.9 Å². The average molecular weight is 260 g/mol. The monoisotopic (exact) mass is 260 g/mol. The van der Waals surface area contributed by atoms with Gasteiger partial charge in [-0.15, -0.1) is 0 Å². The van der Waals surface area contributed by atoms with Gasteiger partial charge in [0.05, 0.1) is 6.42 Å². The molecule has 2 rings (SSSR count). The highest BCUT2D eigenvalue weighted by Crippen LogP contribution is 2.22. The van der Waals surface area contributed by atoms with Crippen LogP contribution in [0, 0.1) is 12.8 Å². The topological polar surface area (TPSA) is 55.1 Å². The summed E-state index contributed by atoms with van der Waals surface area (Å²) in [5.41, 5.74) is 8.37. The van der Waals surface area contributed by atoms with Gasteiger partial charge in [0.15, 0.2) is 0 Å². The van der Waals surface area contributed by atoms with E-state index in [9.17, 15) is 4.79 Å². The summed E-state index contributed by atoms with van der Waals surface area (Å²) in [7, 11) is 0. The Bertz CT molecular complexity index is 431. The van der Waals surface area contributed by atoms with Gasteiger partial charge < -0.3 is 11.1 Å². The highest BCUT2D eigenvalue weighted by atomic mass is 16.1. The molecule has 1 amide bonds. The summed E-state index contributed by atoms with van der Waals surface area (Å²) in [6.45, 7) is 2.77. The Balaban J connectivity index is 1.80. The molecule has 0 aromatic heterocycles. The van der Waals surface area contributed by atoms with Gasteiger partial charge in [-0.05, 0) is 36.8 Å². The number of hydrogen-bond donors (Lipinski definition) is 2. The van der Waals surface area contributed by atoms with Gasteiger partial charge >= 0.3 is 0 Å². The molecule has 104 valence electrons. The van der Waals surface area contributed by atoms with Crippen LogP contribution < -0.4 is 11.1 Å². The molecule has 3 heteroatoms. The lowest BCUT2D eigenvalue weighted by atomic mass is 9.85. The molecular formula is C16H24N2O. The fraction of sp³-hybridized carbons (Fsp3) is 0.562. The van der Waals surface area contributed by atoms with Crippen molar-refractivity contribution in [1.29, 1.82) is 0 Å². The van der Waals surface area contributed by atoms with Crippen molar-refractivity contribution in [3.63, 3.8) is 0 Å². The van der Waals surface area contributed by atoms with Crippen molar-refractivity contribution in [1.82, 2.24) is 5.32 Å². The first-order valence-electron chi connectivity index (χ1n) is 7.23. The van der Waals surface area contributed by atoms with Crippen LogP contribution in [0.25, 0.3) is 0 Å². The first kappa shape index (κ1) is 14.1. The Labute approximate surface area is 115 Å². The normalized spacial score (nSPS) is 23.1. The van der Waals surface area contributed by atoms with Crippen LogP contribution in [-0.4, -0.2) is 18.5 Å². The van der Waals surface area contributed by atoms with Crippen LogP contribution in [0.1, 0.15) is 36.8 Å². The Hall–Kier alpha value is -1.35. The third-order valence-corrected chi connectivity index (χ3v) is 4.14. The maximum atomic E-state index is 12.0. The molecule has 19 heavy (non-hydrogen) atoms. The van der Waals surface area contributed by atoms with E-state index < -0.39 is 0 Å². The van der Waals surface area contributed by atoms with Crippen LogP contribution in [0.5, 0.6) is 0 Å². The van der Waals surface area contributed by atoms with E-state index in [2.05, 4.69) is 5.32 Å². The molecule has 1 saturated carbocycles. The molecular weight excluding hydrogens is 236 g/mol. The van der Waals surface area contributed by atoms with E-state index in [1.807, 2.05) is 31.2 Å². The fourth-order valence-corrected chi connectivity index (χ4v) is 2.78. The van der Waals surface area contributed by atoms with Gasteiger partial charge in [-0.3, -0.25) is 4.79 Å². The van der Waals surface area contributed by atoms with Gasteiger partial charge in [0.1, 0.15) is 0 Å². The van der Waals surface area contributed by atoms with Crippen LogP contribution in [0.2, 0.25) is 0 Å². The van der Waals surface area contributed by atoms with Crippen LogP contribution >= 0.6 is 0 Å². The lowest BCUT2D eigenvalue weighted by Gasteiger charge is -2.28. The third kappa shape index (κ3) is 4.06. The lowest BCUT2D eigenvalue weighted by molar-refractivity contribution is -0.120. The second kappa shape index (κ2) is 6.71. The molecule has 2 unspecified atom stereocenters. The van der Waals surface area contributed by atoms with Gasteiger partial charge in [-0.1, -0.05) is 37.1 Å². The minimum atomic E-state index is 0.104. The predicted octanol–water partition coefficient (Wildman–Crippen LogP) is 2.17. The minimum Gasteiger partial charge on any atom is -0.355 e. The number of carbonyl (C=O) groups excluding carboxylic acids is 1. The molecule has 3 N–H and O–H groups in total. The van der Waals surface area contributed by atoms with Gasteiger partial charge in [0, 0.05) is 12.6 Å². The molecule has 3 nitrogen and oxygen atoms in total. The van der Waals surface area contributed by atoms with Crippen molar-refractivity contribution in [3.05, 3.63) is 35.4 Å². The average Bonchev–Trinajstić information content (AvgIpc) is 2.40. The highest BCUT2D eigenvalue weighted by Gasteiger charge is 2.22. The zero-order valence-electron chi connectivity index (χ0n) is 11.7. The molecule has 0 saturated heterocycles. The van der Waals surface area contributed by atoms with E-state index >= 15 is 0 Å². The minimum absolute atomic E-state index is 0.104. The lowest BCUT2D eigenvalue weighted by Crippen LogP contribution is -2.41. The highest BCUT2D eigenvalue weighted by molar-refractivity contribution is 5.78. The van der Waals surface area contributed by atoms with Crippen LogP contribution in [0.4, 0.5) is 0 Å². The number of rotatable bonds is 4. The van der Waals surface area contributed by atoms with Crippen LogP contribution in [0.3, 0.4) is 0 Å². The number of amides is 1. The molecule has 1 fully saturated rings. The second-order valence-corrected chi connectivity index (χ2v) is 5.62.